The summed E-state index contributed by atoms with van der Waals surface area (Å²) in [5.74, 6) is 3.78. The Bertz CT molecular complexity index is 1080. The second kappa shape index (κ2) is 11.3. The van der Waals surface area contributed by atoms with Crippen molar-refractivity contribution in [3.63, 3.8) is 0 Å². The van der Waals surface area contributed by atoms with E-state index in [1.165, 1.54) is 72.8 Å². The average Bonchev–Trinajstić information content (AvgIpc) is 3.30. The van der Waals surface area contributed by atoms with Crippen LogP contribution in [0.2, 0.25) is 0 Å². The Hall–Kier alpha value is -2.41. The number of benzene rings is 2. The van der Waals surface area contributed by atoms with Crippen molar-refractivity contribution >= 4 is 5.78 Å². The lowest BCUT2D eigenvalue weighted by molar-refractivity contribution is -0.118. The summed E-state index contributed by atoms with van der Waals surface area (Å²) in [5, 5.41) is 0. The molecule has 0 saturated heterocycles. The van der Waals surface area contributed by atoms with Gasteiger partial charge in [0.2, 0.25) is 0 Å². The van der Waals surface area contributed by atoms with Gasteiger partial charge in [0.15, 0.2) is 0 Å². The molecule has 1 nitrogen and oxygen atoms in total. The summed E-state index contributed by atoms with van der Waals surface area (Å²) in [7, 11) is 0. The molecular weight excluding hydrogens is 436 g/mol. The van der Waals surface area contributed by atoms with Crippen molar-refractivity contribution in [1.29, 1.82) is 0 Å². The first kappa shape index (κ1) is 25.2. The van der Waals surface area contributed by atoms with E-state index < -0.39 is 0 Å². The fourth-order valence-electron chi connectivity index (χ4n) is 7.26. The number of allylic oxidation sites excluding steroid dienone is 3. The molecule has 5 rings (SSSR count). The molecule has 3 aliphatic rings. The minimum atomic E-state index is 0.104. The fraction of sp³-hybridized carbons (Fsp3) is 0.514. The van der Waals surface area contributed by atoms with Crippen LogP contribution in [0.25, 0.3) is 0 Å². The van der Waals surface area contributed by atoms with Crippen LogP contribution in [0.3, 0.4) is 0 Å². The molecule has 0 N–H and O–H groups in total. The van der Waals surface area contributed by atoms with Crippen molar-refractivity contribution in [3.05, 3.63) is 95.1 Å². The van der Waals surface area contributed by atoms with Gasteiger partial charge in [0, 0.05) is 12.3 Å². The third-order valence-electron chi connectivity index (χ3n) is 9.49. The van der Waals surface area contributed by atoms with Crippen LogP contribution in [0.5, 0.6) is 0 Å². The van der Waals surface area contributed by atoms with E-state index in [-0.39, 0.29) is 5.92 Å². The van der Waals surface area contributed by atoms with Crippen molar-refractivity contribution in [1.82, 2.24) is 0 Å². The summed E-state index contributed by atoms with van der Waals surface area (Å²) in [6, 6.07) is 17.9. The van der Waals surface area contributed by atoms with Gasteiger partial charge in [0.25, 0.3) is 0 Å². The lowest BCUT2D eigenvalue weighted by atomic mass is 9.81. The van der Waals surface area contributed by atoms with Crippen LogP contribution >= 0.6 is 0 Å². The fourth-order valence-corrected chi connectivity index (χ4v) is 7.26. The molecule has 0 radical (unpaired) electrons. The molecule has 0 bridgehead atoms. The molecule has 0 heterocycles. The minimum Gasteiger partial charge on any atom is -0.299 e. The van der Waals surface area contributed by atoms with Gasteiger partial charge in [0.1, 0.15) is 5.78 Å². The van der Waals surface area contributed by atoms with Crippen molar-refractivity contribution in [2.24, 2.45) is 17.8 Å². The predicted molar refractivity (Wildman–Crippen MR) is 151 cm³/mol. The van der Waals surface area contributed by atoms with Crippen LogP contribution in [0.15, 0.2) is 72.8 Å². The number of carbonyl (C=O) groups is 1. The minimum absolute atomic E-state index is 0.104. The van der Waals surface area contributed by atoms with E-state index in [2.05, 4.69) is 81.1 Å². The molecule has 2 aromatic carbocycles. The van der Waals surface area contributed by atoms with E-state index in [0.717, 1.165) is 19.3 Å². The van der Waals surface area contributed by atoms with E-state index in [1.807, 2.05) is 0 Å². The largest absolute Gasteiger partial charge is 0.299 e. The summed E-state index contributed by atoms with van der Waals surface area (Å²) in [4.78, 5) is 13.2. The average molecular weight is 481 g/mol. The maximum absolute atomic E-state index is 13.2. The Morgan fingerprint density at radius 2 is 1.72 bits per heavy atom. The lowest BCUT2D eigenvalue weighted by Crippen LogP contribution is -2.13. The molecule has 1 heteroatoms. The summed E-state index contributed by atoms with van der Waals surface area (Å²) < 4.78 is 0. The molecule has 5 atom stereocenters. The smallest absolute Gasteiger partial charge is 0.140 e. The third kappa shape index (κ3) is 5.61. The molecule has 5 unspecified atom stereocenters. The first-order valence-corrected chi connectivity index (χ1v) is 14.6. The number of Topliss-reactive ketones (excluding diaryl/α,β-unsaturated/α-hetero) is 1. The number of carbonyl (C=O) groups excluding carboxylic acids is 1. The van der Waals surface area contributed by atoms with Gasteiger partial charge < -0.3 is 0 Å². The van der Waals surface area contributed by atoms with Gasteiger partial charge in [-0.05, 0) is 104 Å². The Morgan fingerprint density at radius 3 is 2.44 bits per heavy atom. The Morgan fingerprint density at radius 1 is 0.972 bits per heavy atom. The van der Waals surface area contributed by atoms with Gasteiger partial charge in [0.05, 0.1) is 0 Å². The highest BCUT2D eigenvalue weighted by Gasteiger charge is 2.41. The van der Waals surface area contributed by atoms with Crippen molar-refractivity contribution in [2.45, 2.75) is 95.8 Å². The second-order valence-electron chi connectivity index (χ2n) is 11.9. The molecule has 190 valence electrons. The highest BCUT2D eigenvalue weighted by molar-refractivity contribution is 5.88. The third-order valence-corrected chi connectivity index (χ3v) is 9.49. The number of hydrogen-bond acceptors (Lipinski definition) is 1. The number of aryl methyl sites for hydroxylation is 1. The topological polar surface area (TPSA) is 17.1 Å². The van der Waals surface area contributed by atoms with Crippen LogP contribution < -0.4 is 0 Å². The van der Waals surface area contributed by atoms with Crippen molar-refractivity contribution in [2.75, 3.05) is 0 Å². The number of rotatable bonds is 11. The monoisotopic (exact) mass is 480 g/mol. The SMILES string of the molecule is C=C(CCCC(CCC)C1CC(=O)C(c2ccc(C3CC3c3ccccc3)cc2C)C1)C1CC=CC1. The maximum Gasteiger partial charge on any atom is 0.140 e. The van der Waals surface area contributed by atoms with Crippen LogP contribution in [0.1, 0.15) is 111 Å². The number of ketones is 1. The standard InChI is InChI=1S/C35H44O/c1-4-11-27(17-10-12-24(2)26-13-8-9-14-26)30-21-34(35(36)22-30)31-19-18-29(20-25(31)3)33-23-32(33)28-15-6-5-7-16-28/h5-9,15-16,18-20,26-27,30,32-34H,2,4,10-14,17,21-23H2,1,3H3. The van der Waals surface area contributed by atoms with Gasteiger partial charge in [-0.15, -0.1) is 0 Å². The maximum atomic E-state index is 13.2. The molecule has 2 saturated carbocycles. The molecule has 3 aliphatic carbocycles. The van der Waals surface area contributed by atoms with E-state index in [1.54, 1.807) is 0 Å². The quantitative estimate of drug-likeness (QED) is 0.293. The van der Waals surface area contributed by atoms with E-state index in [0.29, 0.717) is 35.4 Å². The molecule has 0 spiro atoms. The normalized spacial score (nSPS) is 26.4. The van der Waals surface area contributed by atoms with Crippen LogP contribution in [-0.4, -0.2) is 5.78 Å². The molecule has 2 fully saturated rings. The number of hydrogen-bond donors (Lipinski definition) is 0. The molecule has 2 aromatic rings. The molecular formula is C35H44O. The lowest BCUT2D eigenvalue weighted by Gasteiger charge is -2.24. The van der Waals surface area contributed by atoms with Crippen LogP contribution in [0, 0.1) is 24.7 Å². The van der Waals surface area contributed by atoms with Crippen LogP contribution in [0.4, 0.5) is 0 Å². The molecule has 0 aliphatic heterocycles. The molecule has 0 amide bonds. The summed E-state index contributed by atoms with van der Waals surface area (Å²) in [6.45, 7) is 8.93. The van der Waals surface area contributed by atoms with Gasteiger partial charge in [-0.25, -0.2) is 0 Å². The van der Waals surface area contributed by atoms with E-state index in [4.69, 9.17) is 0 Å². The highest BCUT2D eigenvalue weighted by Crippen LogP contribution is 2.55. The first-order chi connectivity index (χ1) is 17.5. The van der Waals surface area contributed by atoms with Crippen LogP contribution in [-0.2, 0) is 4.79 Å². The van der Waals surface area contributed by atoms with Gasteiger partial charge in [-0.3, -0.25) is 4.79 Å². The molecule has 0 aromatic heterocycles. The van der Waals surface area contributed by atoms with Gasteiger partial charge in [-0.2, -0.15) is 0 Å². The summed E-state index contributed by atoms with van der Waals surface area (Å²) in [6.07, 6.45) is 16.2. The van der Waals surface area contributed by atoms with E-state index in [9.17, 15) is 4.79 Å². The van der Waals surface area contributed by atoms with E-state index >= 15 is 0 Å². The zero-order chi connectivity index (χ0) is 25.1. The zero-order valence-electron chi connectivity index (χ0n) is 22.4. The van der Waals surface area contributed by atoms with Crippen molar-refractivity contribution in [3.8, 4) is 0 Å². The first-order valence-electron chi connectivity index (χ1n) is 14.6. The zero-order valence-corrected chi connectivity index (χ0v) is 22.4. The highest BCUT2D eigenvalue weighted by atomic mass is 16.1. The Kier molecular flexibility index (Phi) is 7.94. The Labute approximate surface area is 219 Å². The summed E-state index contributed by atoms with van der Waals surface area (Å²) in [5.41, 5.74) is 6.97. The Balaban J connectivity index is 1.19. The summed E-state index contributed by atoms with van der Waals surface area (Å²) >= 11 is 0. The second-order valence-corrected chi connectivity index (χ2v) is 11.9. The van der Waals surface area contributed by atoms with Gasteiger partial charge >= 0.3 is 0 Å². The molecule has 36 heavy (non-hydrogen) atoms. The van der Waals surface area contributed by atoms with Crippen molar-refractivity contribution < 1.29 is 4.79 Å². The predicted octanol–water partition coefficient (Wildman–Crippen LogP) is 9.44. The van der Waals surface area contributed by atoms with Gasteiger partial charge in [-0.1, -0.05) is 92.6 Å².